The molecule has 2 rings (SSSR count). The number of nitrogens with two attached hydrogens (primary N) is 1. The minimum atomic E-state index is -0.335. The monoisotopic (exact) mass is 306 g/mol. The van der Waals surface area contributed by atoms with E-state index in [1.807, 2.05) is 0 Å². The molecule has 0 aromatic heterocycles. The Balaban J connectivity index is 0.00000144. The van der Waals surface area contributed by atoms with Gasteiger partial charge in [0.2, 0.25) is 0 Å². The number of likely N-dealkylation sites (tertiary alicyclic amines) is 1. The lowest BCUT2D eigenvalue weighted by molar-refractivity contribution is 0.0947. The molecule has 2 unspecified atom stereocenters. The van der Waals surface area contributed by atoms with Crippen LogP contribution >= 0.6 is 17.0 Å². The number of nitrogens with zero attached hydrogens (tertiary/aromatic N) is 2. The number of nitrogens with one attached hydrogen (secondary N) is 1. The average Bonchev–Trinajstić information content (AvgIpc) is 2.59. The van der Waals surface area contributed by atoms with Crippen molar-refractivity contribution in [3.8, 4) is 0 Å². The second-order valence-corrected chi connectivity index (χ2v) is 4.17. The lowest BCUT2D eigenvalue weighted by Gasteiger charge is -2.36. The molecule has 17 heavy (non-hydrogen) atoms. The summed E-state index contributed by atoms with van der Waals surface area (Å²) in [4.78, 5) is 17.3. The van der Waals surface area contributed by atoms with Crippen LogP contribution in [-0.4, -0.2) is 48.7 Å². The summed E-state index contributed by atoms with van der Waals surface area (Å²) >= 11 is 0. The van der Waals surface area contributed by atoms with Crippen LogP contribution in [0.15, 0.2) is 4.99 Å². The highest BCUT2D eigenvalue weighted by Crippen LogP contribution is 2.30. The topological polar surface area (TPSA) is 80.0 Å². The predicted octanol–water partition coefficient (Wildman–Crippen LogP) is 0.472. The summed E-state index contributed by atoms with van der Waals surface area (Å²) in [6.07, 6.45) is 2.74. The Morgan fingerprint density at radius 1 is 1.71 bits per heavy atom. The smallest absolute Gasteiger partial charge is 0.411 e. The van der Waals surface area contributed by atoms with E-state index in [0.717, 1.165) is 19.4 Å². The van der Waals surface area contributed by atoms with Crippen LogP contribution in [-0.2, 0) is 4.74 Å². The van der Waals surface area contributed by atoms with Crippen molar-refractivity contribution in [1.29, 1.82) is 0 Å². The zero-order valence-electron chi connectivity index (χ0n) is 9.89. The third kappa shape index (κ3) is 2.55. The number of hydrogen-bond donors (Lipinski definition) is 2. The van der Waals surface area contributed by atoms with Gasteiger partial charge in [-0.2, -0.15) is 0 Å². The second kappa shape index (κ2) is 5.68. The van der Waals surface area contributed by atoms with Crippen molar-refractivity contribution >= 4 is 29.4 Å². The van der Waals surface area contributed by atoms with Gasteiger partial charge in [-0.05, 0) is 19.8 Å². The fourth-order valence-electron chi connectivity index (χ4n) is 2.32. The molecule has 2 heterocycles. The van der Waals surface area contributed by atoms with Crippen molar-refractivity contribution in [2.75, 3.05) is 19.7 Å². The standard InChI is InChI=1S/C10H18N4O2.BrH/c1-2-16-9(15)14-6-4-10(8(14)11)3-5-12-7-13-10;/h7-8H,2-6,11H2,1H3,(H,12,13);1H. The SMILES string of the molecule is Br.CCOC(=O)N1CCC2(CCN=CN2)C1N. The van der Waals surface area contributed by atoms with E-state index in [4.69, 9.17) is 10.5 Å². The van der Waals surface area contributed by atoms with E-state index in [9.17, 15) is 4.79 Å². The molecule has 0 radical (unpaired) electrons. The van der Waals surface area contributed by atoms with Crippen LogP contribution in [0, 0.1) is 0 Å². The van der Waals surface area contributed by atoms with Gasteiger partial charge in [-0.3, -0.25) is 9.89 Å². The quantitative estimate of drug-likeness (QED) is 0.738. The van der Waals surface area contributed by atoms with Crippen molar-refractivity contribution in [3.63, 3.8) is 0 Å². The molecular formula is C10H19BrN4O2. The molecule has 3 N–H and O–H groups in total. The summed E-state index contributed by atoms with van der Waals surface area (Å²) in [5.41, 5.74) is 5.91. The summed E-state index contributed by atoms with van der Waals surface area (Å²) in [5.74, 6) is 0. The molecule has 0 aromatic carbocycles. The number of halogens is 1. The van der Waals surface area contributed by atoms with Crippen molar-refractivity contribution in [2.45, 2.75) is 31.5 Å². The maximum absolute atomic E-state index is 11.6. The molecule has 0 bridgehead atoms. The number of amides is 1. The van der Waals surface area contributed by atoms with Crippen LogP contribution in [0.25, 0.3) is 0 Å². The van der Waals surface area contributed by atoms with E-state index in [-0.39, 0.29) is 34.8 Å². The lowest BCUT2D eigenvalue weighted by atomic mass is 9.90. The highest BCUT2D eigenvalue weighted by molar-refractivity contribution is 8.93. The Bertz CT molecular complexity index is 313. The molecule has 1 saturated heterocycles. The van der Waals surface area contributed by atoms with E-state index in [2.05, 4.69) is 10.3 Å². The summed E-state index contributed by atoms with van der Waals surface area (Å²) in [5, 5.41) is 3.21. The summed E-state index contributed by atoms with van der Waals surface area (Å²) in [7, 11) is 0. The molecule has 98 valence electrons. The van der Waals surface area contributed by atoms with Crippen molar-refractivity contribution in [2.24, 2.45) is 10.7 Å². The van der Waals surface area contributed by atoms with E-state index in [1.165, 1.54) is 0 Å². The first-order valence-corrected chi connectivity index (χ1v) is 5.64. The van der Waals surface area contributed by atoms with Gasteiger partial charge in [-0.15, -0.1) is 17.0 Å². The minimum Gasteiger partial charge on any atom is -0.450 e. The van der Waals surface area contributed by atoms with Gasteiger partial charge in [0.1, 0.15) is 6.17 Å². The first-order chi connectivity index (χ1) is 7.69. The average molecular weight is 307 g/mol. The first-order valence-electron chi connectivity index (χ1n) is 5.64. The van der Waals surface area contributed by atoms with Crippen molar-refractivity contribution in [1.82, 2.24) is 10.2 Å². The fourth-order valence-corrected chi connectivity index (χ4v) is 2.32. The van der Waals surface area contributed by atoms with E-state index in [0.29, 0.717) is 13.2 Å². The molecule has 2 aliphatic heterocycles. The Labute approximate surface area is 111 Å². The van der Waals surface area contributed by atoms with Gasteiger partial charge in [-0.1, -0.05) is 0 Å². The third-order valence-electron chi connectivity index (χ3n) is 3.33. The molecule has 0 aliphatic carbocycles. The van der Waals surface area contributed by atoms with Gasteiger partial charge in [0.05, 0.1) is 18.5 Å². The number of carbonyl (C=O) groups excluding carboxylic acids is 1. The number of aliphatic imine (C=N–C) groups is 1. The first kappa shape index (κ1) is 14.2. The molecular weight excluding hydrogens is 288 g/mol. The number of ether oxygens (including phenoxy) is 1. The lowest BCUT2D eigenvalue weighted by Crippen LogP contribution is -2.61. The Hall–Kier alpha value is -0.820. The normalized spacial score (nSPS) is 30.9. The zero-order valence-corrected chi connectivity index (χ0v) is 11.6. The van der Waals surface area contributed by atoms with Gasteiger partial charge < -0.3 is 15.8 Å². The van der Waals surface area contributed by atoms with Gasteiger partial charge in [0.25, 0.3) is 0 Å². The molecule has 6 nitrogen and oxygen atoms in total. The highest BCUT2D eigenvalue weighted by atomic mass is 79.9. The van der Waals surface area contributed by atoms with Crippen molar-refractivity contribution < 1.29 is 9.53 Å². The zero-order chi connectivity index (χ0) is 11.6. The van der Waals surface area contributed by atoms with Crippen molar-refractivity contribution in [3.05, 3.63) is 0 Å². The maximum Gasteiger partial charge on any atom is 0.411 e. The van der Waals surface area contributed by atoms with Crippen LogP contribution in [0.2, 0.25) is 0 Å². The second-order valence-electron chi connectivity index (χ2n) is 4.17. The molecule has 2 atom stereocenters. The Morgan fingerprint density at radius 3 is 3.06 bits per heavy atom. The van der Waals surface area contributed by atoms with Crippen LogP contribution in [0.3, 0.4) is 0 Å². The molecule has 1 spiro atoms. The Morgan fingerprint density at radius 2 is 2.47 bits per heavy atom. The third-order valence-corrected chi connectivity index (χ3v) is 3.33. The molecule has 7 heteroatoms. The molecule has 1 fully saturated rings. The van der Waals surface area contributed by atoms with E-state index < -0.39 is 0 Å². The highest BCUT2D eigenvalue weighted by Gasteiger charge is 2.47. The Kier molecular flexibility index (Phi) is 4.76. The van der Waals surface area contributed by atoms with Gasteiger partial charge in [0.15, 0.2) is 0 Å². The van der Waals surface area contributed by atoms with Crippen LogP contribution in [0.4, 0.5) is 4.79 Å². The van der Waals surface area contributed by atoms with Gasteiger partial charge >= 0.3 is 6.09 Å². The van der Waals surface area contributed by atoms with E-state index in [1.54, 1.807) is 18.2 Å². The summed E-state index contributed by atoms with van der Waals surface area (Å²) in [6.45, 7) is 3.57. The molecule has 2 aliphatic rings. The number of carbonyl (C=O) groups is 1. The van der Waals surface area contributed by atoms with Crippen LogP contribution < -0.4 is 11.1 Å². The van der Waals surface area contributed by atoms with Crippen LogP contribution in [0.5, 0.6) is 0 Å². The minimum absolute atomic E-state index is 0. The molecule has 0 saturated carbocycles. The predicted molar refractivity (Wildman–Crippen MR) is 70.5 cm³/mol. The number of rotatable bonds is 1. The summed E-state index contributed by atoms with van der Waals surface area (Å²) in [6, 6.07) is 0. The largest absolute Gasteiger partial charge is 0.450 e. The van der Waals surface area contributed by atoms with Crippen LogP contribution in [0.1, 0.15) is 19.8 Å². The summed E-state index contributed by atoms with van der Waals surface area (Å²) < 4.78 is 4.98. The molecule has 0 aromatic rings. The molecule has 1 amide bonds. The fraction of sp³-hybridized carbons (Fsp3) is 0.800. The number of hydrogen-bond acceptors (Lipinski definition) is 5. The maximum atomic E-state index is 11.6. The van der Waals surface area contributed by atoms with Gasteiger partial charge in [-0.25, -0.2) is 4.79 Å². The van der Waals surface area contributed by atoms with E-state index >= 15 is 0 Å². The van der Waals surface area contributed by atoms with Gasteiger partial charge in [0, 0.05) is 13.1 Å².